The predicted molar refractivity (Wildman–Crippen MR) is 145 cm³/mol. The van der Waals surface area contributed by atoms with E-state index in [4.69, 9.17) is 0 Å². The number of fused-ring (bicyclic) bond motifs is 5. The van der Waals surface area contributed by atoms with Crippen LogP contribution in [-0.4, -0.2) is 47.6 Å². The number of carbonyl (C=O) groups excluding carboxylic acids is 1. The zero-order chi connectivity index (χ0) is 26.7. The second-order valence-corrected chi connectivity index (χ2v) is 10.2. The Balaban J connectivity index is 1.48. The minimum absolute atomic E-state index is 0.0433. The molecular formula is C30H28F2N4O2. The number of halogens is 2. The van der Waals surface area contributed by atoms with Crippen LogP contribution in [0.3, 0.4) is 0 Å². The Morgan fingerprint density at radius 2 is 1.37 bits per heavy atom. The number of nitrogens with zero attached hydrogens (tertiary/aromatic N) is 4. The van der Waals surface area contributed by atoms with Crippen molar-refractivity contribution in [2.45, 2.75) is 25.0 Å². The fourth-order valence-electron chi connectivity index (χ4n) is 6.07. The summed E-state index contributed by atoms with van der Waals surface area (Å²) in [6, 6.07) is 19.5. The average molecular weight is 515 g/mol. The van der Waals surface area contributed by atoms with Crippen LogP contribution < -0.4 is 15.4 Å². The summed E-state index contributed by atoms with van der Waals surface area (Å²) in [6.45, 7) is 2.97. The SMILES string of the molecule is C[C@@H]1CN2c3c(c(=O)n(C)c4ccccc34)N(C)C(=O)[C@H]2CN1C(c1ccc(F)cc1)c1ccc(F)cc1. The van der Waals surface area contributed by atoms with Gasteiger partial charge in [-0.1, -0.05) is 42.5 Å². The quantitative estimate of drug-likeness (QED) is 0.405. The first-order valence-electron chi connectivity index (χ1n) is 12.7. The van der Waals surface area contributed by atoms with Gasteiger partial charge in [-0.15, -0.1) is 0 Å². The number of pyridine rings is 1. The molecule has 38 heavy (non-hydrogen) atoms. The Labute approximate surface area is 219 Å². The molecule has 0 spiro atoms. The van der Waals surface area contributed by atoms with E-state index in [0.29, 0.717) is 18.8 Å². The average Bonchev–Trinajstić information content (AvgIpc) is 2.92. The van der Waals surface area contributed by atoms with Crippen LogP contribution in [0.25, 0.3) is 10.9 Å². The van der Waals surface area contributed by atoms with Crippen molar-refractivity contribution in [2.75, 3.05) is 29.9 Å². The van der Waals surface area contributed by atoms with Gasteiger partial charge in [-0.05, 0) is 48.4 Å². The molecule has 4 aromatic rings. The highest BCUT2D eigenvalue weighted by atomic mass is 19.1. The molecule has 6 nitrogen and oxygen atoms in total. The van der Waals surface area contributed by atoms with E-state index in [0.717, 1.165) is 27.7 Å². The van der Waals surface area contributed by atoms with Gasteiger partial charge in [0.05, 0.1) is 17.2 Å². The van der Waals surface area contributed by atoms with Crippen LogP contribution in [0, 0.1) is 11.6 Å². The number of hydrogen-bond acceptors (Lipinski definition) is 4. The van der Waals surface area contributed by atoms with Gasteiger partial charge in [0.2, 0.25) is 0 Å². The Morgan fingerprint density at radius 3 is 1.97 bits per heavy atom. The molecule has 0 bridgehead atoms. The van der Waals surface area contributed by atoms with Crippen LogP contribution in [0.5, 0.6) is 0 Å². The van der Waals surface area contributed by atoms with Gasteiger partial charge in [-0.2, -0.15) is 0 Å². The number of carbonyl (C=O) groups is 1. The van der Waals surface area contributed by atoms with Gasteiger partial charge in [0.15, 0.2) is 0 Å². The van der Waals surface area contributed by atoms with Gasteiger partial charge < -0.3 is 14.4 Å². The van der Waals surface area contributed by atoms with E-state index in [1.54, 1.807) is 42.9 Å². The molecule has 1 amide bonds. The normalized spacial score (nSPS) is 19.7. The van der Waals surface area contributed by atoms with Crippen LogP contribution in [0.15, 0.2) is 77.6 Å². The first-order valence-corrected chi connectivity index (χ1v) is 12.7. The molecular weight excluding hydrogens is 486 g/mol. The highest BCUT2D eigenvalue weighted by Gasteiger charge is 2.46. The number of aromatic nitrogens is 1. The molecule has 3 aromatic carbocycles. The minimum Gasteiger partial charge on any atom is -0.354 e. The van der Waals surface area contributed by atoms with Crippen LogP contribution in [0.1, 0.15) is 24.1 Å². The van der Waals surface area contributed by atoms with Crippen molar-refractivity contribution >= 4 is 28.2 Å². The maximum Gasteiger partial charge on any atom is 0.276 e. The Kier molecular flexibility index (Phi) is 5.79. The lowest BCUT2D eigenvalue weighted by molar-refractivity contribution is -0.121. The number of hydrogen-bond donors (Lipinski definition) is 0. The second-order valence-electron chi connectivity index (χ2n) is 10.2. The van der Waals surface area contributed by atoms with Gasteiger partial charge in [0.1, 0.15) is 23.4 Å². The fraction of sp³-hybridized carbons (Fsp3) is 0.267. The predicted octanol–water partition coefficient (Wildman–Crippen LogP) is 4.46. The number of benzene rings is 3. The lowest BCUT2D eigenvalue weighted by Gasteiger charge is -2.52. The third-order valence-corrected chi connectivity index (χ3v) is 7.98. The molecule has 1 fully saturated rings. The molecule has 2 atom stereocenters. The van der Waals surface area contributed by atoms with Gasteiger partial charge in [-0.25, -0.2) is 8.78 Å². The summed E-state index contributed by atoms with van der Waals surface area (Å²) in [5.41, 5.74) is 3.48. The van der Waals surface area contributed by atoms with Gasteiger partial charge in [-0.3, -0.25) is 14.5 Å². The Hall–Kier alpha value is -4.04. The fourth-order valence-corrected chi connectivity index (χ4v) is 6.07. The van der Waals surface area contributed by atoms with E-state index in [9.17, 15) is 18.4 Å². The van der Waals surface area contributed by atoms with Crippen LogP contribution >= 0.6 is 0 Å². The molecule has 1 saturated heterocycles. The highest BCUT2D eigenvalue weighted by Crippen LogP contribution is 2.42. The third-order valence-electron chi connectivity index (χ3n) is 7.98. The van der Waals surface area contributed by atoms with Crippen LogP contribution in [0.4, 0.5) is 20.2 Å². The first kappa shape index (κ1) is 24.3. The largest absolute Gasteiger partial charge is 0.354 e. The van der Waals surface area contributed by atoms with E-state index < -0.39 is 6.04 Å². The lowest BCUT2D eigenvalue weighted by Crippen LogP contribution is -2.65. The van der Waals surface area contributed by atoms with Crippen LogP contribution in [-0.2, 0) is 11.8 Å². The Morgan fingerprint density at radius 1 is 0.789 bits per heavy atom. The number of rotatable bonds is 3. The number of para-hydroxylation sites is 1. The molecule has 0 radical (unpaired) electrons. The Bertz CT molecular complexity index is 1550. The smallest absolute Gasteiger partial charge is 0.276 e. The second kappa shape index (κ2) is 9.06. The number of piperazine rings is 1. The van der Waals surface area contributed by atoms with E-state index in [1.807, 2.05) is 24.3 Å². The molecule has 6 rings (SSSR count). The highest BCUT2D eigenvalue weighted by molar-refractivity contribution is 6.11. The molecule has 0 N–H and O–H groups in total. The van der Waals surface area contributed by atoms with E-state index in [2.05, 4.69) is 16.7 Å². The van der Waals surface area contributed by atoms with E-state index >= 15 is 0 Å². The molecule has 2 aliphatic rings. The van der Waals surface area contributed by atoms with Crippen molar-refractivity contribution in [1.82, 2.24) is 9.47 Å². The van der Waals surface area contributed by atoms with Crippen molar-refractivity contribution in [3.63, 3.8) is 0 Å². The molecule has 0 saturated carbocycles. The zero-order valence-corrected chi connectivity index (χ0v) is 21.4. The number of anilines is 2. The third kappa shape index (κ3) is 3.70. The molecule has 194 valence electrons. The first-order chi connectivity index (χ1) is 18.3. The molecule has 8 heteroatoms. The number of likely N-dealkylation sites (N-methyl/N-ethyl adjacent to an activating group) is 1. The van der Waals surface area contributed by atoms with Gasteiger partial charge in [0.25, 0.3) is 11.5 Å². The van der Waals surface area contributed by atoms with Crippen molar-refractivity contribution in [1.29, 1.82) is 0 Å². The molecule has 0 unspecified atom stereocenters. The monoisotopic (exact) mass is 514 g/mol. The summed E-state index contributed by atoms with van der Waals surface area (Å²) in [6.07, 6.45) is 0. The maximum atomic E-state index is 13.8. The topological polar surface area (TPSA) is 48.8 Å². The molecule has 0 aliphatic carbocycles. The van der Waals surface area contributed by atoms with E-state index in [1.165, 1.54) is 29.2 Å². The summed E-state index contributed by atoms with van der Waals surface area (Å²) in [5, 5.41) is 0.920. The maximum absolute atomic E-state index is 13.8. The van der Waals surface area contributed by atoms with Crippen molar-refractivity contribution in [2.24, 2.45) is 7.05 Å². The van der Waals surface area contributed by atoms with Crippen molar-refractivity contribution in [3.8, 4) is 0 Å². The summed E-state index contributed by atoms with van der Waals surface area (Å²) >= 11 is 0. The van der Waals surface area contributed by atoms with Crippen molar-refractivity contribution < 1.29 is 13.6 Å². The standard InChI is InChI=1S/C30H28F2N4O2/c1-18-16-36-25(29(37)34(3)28-27(36)23-6-4-5-7-24(23)33(2)30(28)38)17-35(18)26(19-8-12-21(31)13-9-19)20-10-14-22(32)15-11-20/h4-15,18,25-26H,16-17H2,1-3H3/t18-,25-/m1/s1. The molecule has 3 heterocycles. The molecule has 1 aromatic heterocycles. The van der Waals surface area contributed by atoms with Gasteiger partial charge >= 0.3 is 0 Å². The minimum atomic E-state index is -0.525. The zero-order valence-electron chi connectivity index (χ0n) is 21.4. The molecule has 2 aliphatic heterocycles. The summed E-state index contributed by atoms with van der Waals surface area (Å²) < 4.78 is 29.2. The van der Waals surface area contributed by atoms with E-state index in [-0.39, 0.29) is 35.2 Å². The lowest BCUT2D eigenvalue weighted by atomic mass is 9.91. The summed E-state index contributed by atoms with van der Waals surface area (Å²) in [4.78, 5) is 33.0. The number of aryl methyl sites for hydroxylation is 1. The van der Waals surface area contributed by atoms with Crippen LogP contribution in [0.2, 0.25) is 0 Å². The number of amides is 1. The van der Waals surface area contributed by atoms with Crippen molar-refractivity contribution in [3.05, 3.63) is 106 Å². The summed E-state index contributed by atoms with van der Waals surface area (Å²) in [5.74, 6) is -0.823. The van der Waals surface area contributed by atoms with Gasteiger partial charge in [0, 0.05) is 38.6 Å². The summed E-state index contributed by atoms with van der Waals surface area (Å²) in [7, 11) is 3.39.